The van der Waals surface area contributed by atoms with Gasteiger partial charge in [0.2, 0.25) is 0 Å². The largest absolute Gasteiger partial charge is 0.508 e. The van der Waals surface area contributed by atoms with E-state index in [2.05, 4.69) is 22.0 Å². The summed E-state index contributed by atoms with van der Waals surface area (Å²) in [5.41, 5.74) is 3.77. The predicted molar refractivity (Wildman–Crippen MR) is 130 cm³/mol. The number of halogens is 1. The highest BCUT2D eigenvalue weighted by molar-refractivity contribution is 6.14. The Morgan fingerprint density at radius 2 is 1.91 bits per heavy atom. The normalized spacial score (nSPS) is 17.1. The van der Waals surface area contributed by atoms with Gasteiger partial charge in [-0.3, -0.25) is 25.4 Å². The number of nitrogens with zero attached hydrogens (tertiary/aromatic N) is 3. The van der Waals surface area contributed by atoms with E-state index in [0.717, 1.165) is 29.5 Å². The van der Waals surface area contributed by atoms with E-state index in [9.17, 15) is 19.1 Å². The lowest BCUT2D eigenvalue weighted by molar-refractivity contribution is -0.116. The van der Waals surface area contributed by atoms with Crippen molar-refractivity contribution in [1.82, 2.24) is 4.68 Å². The molecule has 3 aromatic rings. The fourth-order valence-corrected chi connectivity index (χ4v) is 4.49. The maximum atomic E-state index is 15.0. The summed E-state index contributed by atoms with van der Waals surface area (Å²) in [5, 5.41) is 19.2. The minimum Gasteiger partial charge on any atom is -0.508 e. The van der Waals surface area contributed by atoms with Crippen LogP contribution in [0.5, 0.6) is 5.75 Å². The minimum atomic E-state index is -1.04. The molecule has 3 N–H and O–H groups in total. The lowest BCUT2D eigenvalue weighted by Crippen LogP contribution is -2.36. The molecule has 5 rings (SSSR count). The SMILES string of the molecule is C=Nc1cc(N2CCOCC2)ccc1C(=N)c1cc(C2C(=O)Nn3c2cccc3=O)c(O)cc1F. The van der Waals surface area contributed by atoms with Crippen molar-refractivity contribution >= 4 is 29.7 Å². The molecule has 0 radical (unpaired) electrons. The van der Waals surface area contributed by atoms with Gasteiger partial charge in [0.1, 0.15) is 17.5 Å². The molecule has 0 spiro atoms. The third-order valence-electron chi connectivity index (χ3n) is 6.26. The van der Waals surface area contributed by atoms with Crippen molar-refractivity contribution in [3.8, 4) is 5.75 Å². The zero-order chi connectivity index (χ0) is 24.7. The van der Waals surface area contributed by atoms with E-state index in [4.69, 9.17) is 10.1 Å². The van der Waals surface area contributed by atoms with Crippen LogP contribution >= 0.6 is 0 Å². The molecule has 1 aromatic heterocycles. The van der Waals surface area contributed by atoms with E-state index in [-0.39, 0.29) is 16.8 Å². The highest BCUT2D eigenvalue weighted by Gasteiger charge is 2.35. The Balaban J connectivity index is 1.55. The van der Waals surface area contributed by atoms with Crippen LogP contribution in [0.25, 0.3) is 0 Å². The number of carbonyl (C=O) groups is 1. The Hall–Kier alpha value is -4.31. The van der Waals surface area contributed by atoms with Gasteiger partial charge in [-0.05, 0) is 37.0 Å². The summed E-state index contributed by atoms with van der Waals surface area (Å²) in [4.78, 5) is 31.0. The van der Waals surface area contributed by atoms with Crippen LogP contribution in [0.1, 0.15) is 28.3 Å². The summed E-state index contributed by atoms with van der Waals surface area (Å²) < 4.78 is 21.5. The second kappa shape index (κ2) is 8.80. The molecule has 1 fully saturated rings. The lowest BCUT2D eigenvalue weighted by Gasteiger charge is -2.29. The van der Waals surface area contributed by atoms with Gasteiger partial charge in [-0.15, -0.1) is 0 Å². The Kier molecular flexibility index (Phi) is 5.65. The number of morpholine rings is 1. The number of aromatic nitrogens is 1. The number of phenols is 1. The van der Waals surface area contributed by atoms with Crippen LogP contribution in [0, 0.1) is 11.2 Å². The van der Waals surface area contributed by atoms with E-state index in [0.29, 0.717) is 30.2 Å². The Morgan fingerprint density at radius 3 is 2.66 bits per heavy atom. The van der Waals surface area contributed by atoms with E-state index >= 15 is 0 Å². The van der Waals surface area contributed by atoms with Gasteiger partial charge < -0.3 is 14.7 Å². The Morgan fingerprint density at radius 1 is 1.14 bits per heavy atom. The van der Waals surface area contributed by atoms with E-state index in [1.54, 1.807) is 18.2 Å². The highest BCUT2D eigenvalue weighted by atomic mass is 19.1. The monoisotopic (exact) mass is 475 g/mol. The zero-order valence-electron chi connectivity index (χ0n) is 18.6. The average Bonchev–Trinajstić information content (AvgIpc) is 3.21. The van der Waals surface area contributed by atoms with Crippen LogP contribution in [0.3, 0.4) is 0 Å². The number of amides is 1. The number of hydrogen-bond acceptors (Lipinski definition) is 7. The molecule has 178 valence electrons. The number of benzene rings is 2. The van der Waals surface area contributed by atoms with E-state index < -0.39 is 29.0 Å². The predicted octanol–water partition coefficient (Wildman–Crippen LogP) is 2.49. The number of pyridine rings is 1. The standard InChI is InChI=1S/C25H22FN5O4/c1-28-19-11-14(30-7-9-35-10-8-30)5-6-15(19)24(27)16-12-17(21(32)13-18(16)26)23-20-3-2-4-22(33)31(20)29-25(23)34/h2-6,11-13,23,27,32H,1,7-10H2,(H,29,34). The van der Waals surface area contributed by atoms with E-state index in [1.807, 2.05) is 6.07 Å². The fourth-order valence-electron chi connectivity index (χ4n) is 4.49. The first-order valence-electron chi connectivity index (χ1n) is 11.0. The molecule has 35 heavy (non-hydrogen) atoms. The molecule has 1 unspecified atom stereocenters. The number of hydrogen-bond donors (Lipinski definition) is 3. The lowest BCUT2D eigenvalue weighted by atomic mass is 9.90. The van der Waals surface area contributed by atoms with Crippen molar-refractivity contribution in [3.63, 3.8) is 0 Å². The minimum absolute atomic E-state index is 0.0820. The molecule has 9 nitrogen and oxygen atoms in total. The summed E-state index contributed by atoms with van der Waals surface area (Å²) in [6, 6.07) is 11.8. The van der Waals surface area contributed by atoms with Crippen molar-refractivity contribution in [2.75, 3.05) is 36.6 Å². The van der Waals surface area contributed by atoms with Crippen molar-refractivity contribution < 1.29 is 19.0 Å². The summed E-state index contributed by atoms with van der Waals surface area (Å²) in [6.07, 6.45) is 0. The zero-order valence-corrected chi connectivity index (χ0v) is 18.6. The second-order valence-corrected chi connectivity index (χ2v) is 8.26. The molecular formula is C25H22FN5O4. The number of carbonyl (C=O) groups excluding carboxylic acids is 1. The third kappa shape index (κ3) is 3.87. The number of phenolic OH excluding ortho intramolecular Hbond substituents is 1. The smallest absolute Gasteiger partial charge is 0.269 e. The molecule has 0 bridgehead atoms. The van der Waals surface area contributed by atoms with Gasteiger partial charge in [-0.25, -0.2) is 9.07 Å². The molecule has 2 aliphatic heterocycles. The maximum absolute atomic E-state index is 15.0. The van der Waals surface area contributed by atoms with Gasteiger partial charge in [0, 0.05) is 47.6 Å². The fraction of sp³-hybridized carbons (Fsp3) is 0.200. The highest BCUT2D eigenvalue weighted by Crippen LogP contribution is 2.37. The molecule has 2 aromatic carbocycles. The van der Waals surface area contributed by atoms with Crippen LogP contribution in [-0.2, 0) is 9.53 Å². The molecule has 3 heterocycles. The number of nitrogens with one attached hydrogen (secondary N) is 2. The van der Waals surface area contributed by atoms with Crippen molar-refractivity contribution in [2.24, 2.45) is 4.99 Å². The van der Waals surface area contributed by atoms with Crippen molar-refractivity contribution in [3.05, 3.63) is 87.1 Å². The molecule has 2 aliphatic rings. The molecular weight excluding hydrogens is 453 g/mol. The van der Waals surface area contributed by atoms with Crippen LogP contribution in [0.15, 0.2) is 58.3 Å². The van der Waals surface area contributed by atoms with Gasteiger partial charge in [0.05, 0.1) is 30.3 Å². The number of ether oxygens (including phenoxy) is 1. The van der Waals surface area contributed by atoms with Gasteiger partial charge in [0.25, 0.3) is 11.5 Å². The van der Waals surface area contributed by atoms with Crippen LogP contribution in [0.2, 0.25) is 0 Å². The summed E-state index contributed by atoms with van der Waals surface area (Å²) >= 11 is 0. The molecule has 0 saturated carbocycles. The van der Waals surface area contributed by atoms with Crippen molar-refractivity contribution in [1.29, 1.82) is 5.41 Å². The third-order valence-corrected chi connectivity index (χ3v) is 6.26. The van der Waals surface area contributed by atoms with Crippen LogP contribution in [0.4, 0.5) is 15.8 Å². The molecule has 1 amide bonds. The number of aromatic hydroxyl groups is 1. The Bertz CT molecular complexity index is 1430. The number of rotatable bonds is 5. The first kappa shape index (κ1) is 22.5. The van der Waals surface area contributed by atoms with Crippen LogP contribution < -0.4 is 15.9 Å². The summed E-state index contributed by atoms with van der Waals surface area (Å²) in [6.45, 7) is 6.27. The maximum Gasteiger partial charge on any atom is 0.269 e. The van der Waals surface area contributed by atoms with Gasteiger partial charge >= 0.3 is 0 Å². The Labute approximate surface area is 199 Å². The van der Waals surface area contributed by atoms with Crippen LogP contribution in [-0.4, -0.2) is 54.4 Å². The number of aliphatic imine (C=N–C) groups is 1. The number of fused-ring (bicyclic) bond motifs is 1. The van der Waals surface area contributed by atoms with Gasteiger partial charge in [0.15, 0.2) is 0 Å². The van der Waals surface area contributed by atoms with E-state index in [1.165, 1.54) is 18.2 Å². The van der Waals surface area contributed by atoms with Gasteiger partial charge in [-0.2, -0.15) is 0 Å². The molecule has 10 heteroatoms. The number of anilines is 1. The van der Waals surface area contributed by atoms with Gasteiger partial charge in [-0.1, -0.05) is 6.07 Å². The second-order valence-electron chi connectivity index (χ2n) is 8.26. The first-order valence-corrected chi connectivity index (χ1v) is 11.0. The molecule has 1 saturated heterocycles. The summed E-state index contributed by atoms with van der Waals surface area (Å²) in [7, 11) is 0. The molecule has 0 aliphatic carbocycles. The first-order chi connectivity index (χ1) is 16.9. The average molecular weight is 475 g/mol. The summed E-state index contributed by atoms with van der Waals surface area (Å²) in [5.74, 6) is -2.87. The molecule has 1 atom stereocenters. The van der Waals surface area contributed by atoms with Crippen molar-refractivity contribution in [2.45, 2.75) is 5.92 Å². The topological polar surface area (TPSA) is 120 Å². The quantitative estimate of drug-likeness (QED) is 0.490.